The van der Waals surface area contributed by atoms with Crippen molar-refractivity contribution in [2.75, 3.05) is 30.2 Å². The van der Waals surface area contributed by atoms with Gasteiger partial charge in [-0.1, -0.05) is 51.1 Å². The largest absolute Gasteiger partial charge is 0.438 e. The van der Waals surface area contributed by atoms with E-state index in [9.17, 15) is 26.4 Å². The van der Waals surface area contributed by atoms with Crippen LogP contribution < -0.4 is 14.8 Å². The first-order valence-corrected chi connectivity index (χ1v) is 16.4. The summed E-state index contributed by atoms with van der Waals surface area (Å²) in [7, 11) is -0.797. The number of halogens is 3. The van der Waals surface area contributed by atoms with Gasteiger partial charge in [-0.15, -0.1) is 0 Å². The molecule has 0 saturated carbocycles. The molecule has 5 rings (SSSR count). The highest BCUT2D eigenvalue weighted by atomic mass is 32.2. The van der Waals surface area contributed by atoms with Gasteiger partial charge in [0, 0.05) is 24.2 Å². The van der Waals surface area contributed by atoms with Crippen LogP contribution in [-0.2, 0) is 28.0 Å². The van der Waals surface area contributed by atoms with Gasteiger partial charge in [0.05, 0.1) is 17.6 Å². The van der Waals surface area contributed by atoms with Crippen molar-refractivity contribution < 1.29 is 31.1 Å². The number of hydrogen-bond acceptors (Lipinski definition) is 8. The number of hydrogen-bond donors (Lipinski definition) is 2. The molecule has 1 aliphatic rings. The molecule has 1 amide bonds. The maximum atomic E-state index is 15.0. The molecule has 4 aromatic rings. The fourth-order valence-electron chi connectivity index (χ4n) is 5.10. The minimum atomic E-state index is -5.05. The molecule has 2 aromatic heterocycles. The molecule has 11 nitrogen and oxygen atoms in total. The third-order valence-corrected chi connectivity index (χ3v) is 9.06. The Hall–Kier alpha value is -4.50. The lowest BCUT2D eigenvalue weighted by Gasteiger charge is -2.29. The number of anilines is 2. The highest BCUT2D eigenvalue weighted by molar-refractivity contribution is 7.92. The number of sulfonamides is 1. The number of benzene rings is 2. The fourth-order valence-corrected chi connectivity index (χ4v) is 6.02. The lowest BCUT2D eigenvalue weighted by molar-refractivity contribution is -0.138. The standard InChI is InChI=1S/C32H36F3N7O4S/c1-31(2,3)29(43)37-25-9-7-6-8-24(25)27-26(32(33,34)35)28(39-30(38-27)40-47(44,45)23-18-36-42(5)19-23)46-22-12-10-20(11-13-22)21-14-16-41(4)17-15-21/h6-13,18-19,21H,14-17H2,1-5H3,(H,37,43)(H,38,39,40). The van der Waals surface area contributed by atoms with E-state index in [-0.39, 0.29) is 21.9 Å². The molecule has 47 heavy (non-hydrogen) atoms. The third kappa shape index (κ3) is 7.91. The number of piperidine rings is 1. The Morgan fingerprint density at radius 3 is 2.23 bits per heavy atom. The minimum Gasteiger partial charge on any atom is -0.438 e. The van der Waals surface area contributed by atoms with Crippen LogP contribution >= 0.6 is 0 Å². The molecule has 1 saturated heterocycles. The van der Waals surface area contributed by atoms with Gasteiger partial charge in [-0.3, -0.25) is 9.48 Å². The topological polar surface area (TPSA) is 131 Å². The maximum Gasteiger partial charge on any atom is 0.423 e. The summed E-state index contributed by atoms with van der Waals surface area (Å²) in [5.41, 5.74) is -1.96. The lowest BCUT2D eigenvalue weighted by atomic mass is 9.90. The zero-order valence-electron chi connectivity index (χ0n) is 26.6. The predicted octanol–water partition coefficient (Wildman–Crippen LogP) is 6.28. The molecule has 3 heterocycles. The molecule has 15 heteroatoms. The highest BCUT2D eigenvalue weighted by Gasteiger charge is 2.41. The normalized spacial score (nSPS) is 15.0. The number of carbonyl (C=O) groups excluding carboxylic acids is 1. The molecule has 2 aromatic carbocycles. The molecule has 1 fully saturated rings. The van der Waals surface area contributed by atoms with Crippen LogP contribution in [-0.4, -0.2) is 59.1 Å². The van der Waals surface area contributed by atoms with Gasteiger partial charge in [-0.2, -0.15) is 23.3 Å². The van der Waals surface area contributed by atoms with Gasteiger partial charge in [0.15, 0.2) is 0 Å². The summed E-state index contributed by atoms with van der Waals surface area (Å²) < 4.78 is 80.4. The van der Waals surface area contributed by atoms with Crippen LogP contribution in [0, 0.1) is 5.41 Å². The summed E-state index contributed by atoms with van der Waals surface area (Å²) in [4.78, 5) is 22.9. The van der Waals surface area contributed by atoms with Gasteiger partial charge in [0.25, 0.3) is 10.0 Å². The molecule has 250 valence electrons. The van der Waals surface area contributed by atoms with Crippen molar-refractivity contribution in [3.05, 3.63) is 72.1 Å². The molecule has 1 aliphatic heterocycles. The van der Waals surface area contributed by atoms with Crippen molar-refractivity contribution in [1.82, 2.24) is 24.6 Å². The summed E-state index contributed by atoms with van der Waals surface area (Å²) in [6.07, 6.45) is -0.853. The van der Waals surface area contributed by atoms with Crippen molar-refractivity contribution >= 4 is 27.6 Å². The van der Waals surface area contributed by atoms with E-state index in [0.29, 0.717) is 5.92 Å². The van der Waals surface area contributed by atoms with E-state index < -0.39 is 50.6 Å². The molecule has 0 aliphatic carbocycles. The van der Waals surface area contributed by atoms with Crippen molar-refractivity contribution in [3.63, 3.8) is 0 Å². The Morgan fingerprint density at radius 1 is 0.979 bits per heavy atom. The van der Waals surface area contributed by atoms with Crippen LogP contribution in [0.4, 0.5) is 24.8 Å². The monoisotopic (exact) mass is 671 g/mol. The number of rotatable bonds is 8. The molecular formula is C32H36F3N7O4S. The highest BCUT2D eigenvalue weighted by Crippen LogP contribution is 2.45. The van der Waals surface area contributed by atoms with Crippen LogP contribution in [0.5, 0.6) is 11.6 Å². The Bertz CT molecular complexity index is 1860. The SMILES string of the molecule is CN1CCC(c2ccc(Oc3nc(NS(=O)(=O)c4cnn(C)c4)nc(-c4ccccc4NC(=O)C(C)(C)C)c3C(F)(F)F)cc2)CC1. The first kappa shape index (κ1) is 33.9. The number of carbonyl (C=O) groups is 1. The van der Waals surface area contributed by atoms with Crippen LogP contribution in [0.1, 0.15) is 50.7 Å². The van der Waals surface area contributed by atoms with Gasteiger partial charge >= 0.3 is 6.18 Å². The van der Waals surface area contributed by atoms with E-state index >= 15 is 0 Å². The summed E-state index contributed by atoms with van der Waals surface area (Å²) in [5.74, 6) is -1.68. The van der Waals surface area contributed by atoms with Gasteiger partial charge in [-0.25, -0.2) is 18.1 Å². The molecular weight excluding hydrogens is 635 g/mol. The van der Waals surface area contributed by atoms with Crippen LogP contribution in [0.3, 0.4) is 0 Å². The molecule has 2 N–H and O–H groups in total. The van der Waals surface area contributed by atoms with Crippen LogP contribution in [0.15, 0.2) is 65.8 Å². The predicted molar refractivity (Wildman–Crippen MR) is 171 cm³/mol. The molecule has 0 bridgehead atoms. The molecule has 0 unspecified atom stereocenters. The fraction of sp³-hybridized carbons (Fsp3) is 0.375. The van der Waals surface area contributed by atoms with E-state index in [1.165, 1.54) is 36.1 Å². The summed E-state index contributed by atoms with van der Waals surface area (Å²) >= 11 is 0. The van der Waals surface area contributed by atoms with Gasteiger partial charge < -0.3 is 15.0 Å². The number of alkyl halides is 3. The molecule has 0 radical (unpaired) electrons. The zero-order chi connectivity index (χ0) is 34.1. The van der Waals surface area contributed by atoms with Crippen molar-refractivity contribution in [2.24, 2.45) is 12.5 Å². The number of aryl methyl sites for hydroxylation is 1. The van der Waals surface area contributed by atoms with E-state index in [1.54, 1.807) is 39.0 Å². The second-order valence-electron chi connectivity index (χ2n) is 12.5. The molecule has 0 atom stereocenters. The Labute approximate surface area is 271 Å². The van der Waals surface area contributed by atoms with Crippen LogP contribution in [0.25, 0.3) is 11.3 Å². The minimum absolute atomic E-state index is 0.0334. The van der Waals surface area contributed by atoms with Crippen LogP contribution in [0.2, 0.25) is 0 Å². The average Bonchev–Trinajstić information content (AvgIpc) is 3.44. The second kappa shape index (κ2) is 13.0. The average molecular weight is 672 g/mol. The Kier molecular flexibility index (Phi) is 9.33. The van der Waals surface area contributed by atoms with Crippen molar-refractivity contribution in [3.8, 4) is 22.9 Å². The number of para-hydroxylation sites is 1. The quantitative estimate of drug-likeness (QED) is 0.224. The maximum absolute atomic E-state index is 15.0. The number of ether oxygens (including phenoxy) is 1. The number of nitrogens with one attached hydrogen (secondary N) is 2. The van der Waals surface area contributed by atoms with Crippen molar-refractivity contribution in [1.29, 1.82) is 0 Å². The van der Waals surface area contributed by atoms with Gasteiger partial charge in [-0.05, 0) is 62.7 Å². The lowest BCUT2D eigenvalue weighted by Crippen LogP contribution is -2.29. The van der Waals surface area contributed by atoms with Crippen molar-refractivity contribution in [2.45, 2.75) is 50.6 Å². The van der Waals surface area contributed by atoms with E-state index in [4.69, 9.17) is 4.74 Å². The summed E-state index contributed by atoms with van der Waals surface area (Å²) in [5, 5.41) is 6.53. The first-order chi connectivity index (χ1) is 22.0. The van der Waals surface area contributed by atoms with Gasteiger partial charge in [0.1, 0.15) is 16.2 Å². The number of nitrogens with zero attached hydrogens (tertiary/aromatic N) is 5. The Balaban J connectivity index is 1.63. The number of aromatic nitrogens is 4. The Morgan fingerprint density at radius 2 is 1.64 bits per heavy atom. The molecule has 0 spiro atoms. The van der Waals surface area contributed by atoms with E-state index in [1.807, 2.05) is 12.1 Å². The number of likely N-dealkylation sites (tertiary alicyclic amines) is 1. The second-order valence-corrected chi connectivity index (χ2v) is 14.2. The summed E-state index contributed by atoms with van der Waals surface area (Å²) in [6, 6.07) is 12.5. The van der Waals surface area contributed by atoms with E-state index in [0.717, 1.165) is 37.7 Å². The third-order valence-electron chi connectivity index (χ3n) is 7.77. The van der Waals surface area contributed by atoms with Gasteiger partial charge in [0.2, 0.25) is 17.7 Å². The zero-order valence-corrected chi connectivity index (χ0v) is 27.4. The number of amides is 1. The smallest absolute Gasteiger partial charge is 0.423 e. The van der Waals surface area contributed by atoms with E-state index in [2.05, 4.69) is 37.1 Å². The summed E-state index contributed by atoms with van der Waals surface area (Å²) in [6.45, 7) is 6.86. The first-order valence-electron chi connectivity index (χ1n) is 14.9.